The minimum atomic E-state index is -1.98. The predicted molar refractivity (Wildman–Crippen MR) is 199 cm³/mol. The second-order valence-corrected chi connectivity index (χ2v) is 17.3. The van der Waals surface area contributed by atoms with Crippen molar-refractivity contribution in [2.45, 2.75) is 198 Å². The molecular weight excluding hydrogens is 908 g/mol. The Labute approximate surface area is 374 Å². The molecule has 0 amide bonds. The Kier molecular flexibility index (Phi) is 17.6. The van der Waals surface area contributed by atoms with Crippen LogP contribution in [0.2, 0.25) is 0 Å². The van der Waals surface area contributed by atoms with Gasteiger partial charge in [-0.25, -0.2) is 0 Å². The Bertz CT molecular complexity index is 1520. The molecule has 0 aromatic rings. The third-order valence-corrected chi connectivity index (χ3v) is 12.5. The molecule has 29 heteroatoms. The maximum atomic E-state index is 11.3. The first kappa shape index (κ1) is 52.7. The monoisotopic (exact) mass is 970 g/mol. The Morgan fingerprint density at radius 3 is 1.30 bits per heavy atom. The fourth-order valence-electron chi connectivity index (χ4n) is 8.48. The summed E-state index contributed by atoms with van der Waals surface area (Å²) in [5.41, 5.74) is 0. The van der Waals surface area contributed by atoms with Crippen molar-refractivity contribution in [3.05, 3.63) is 0 Å². The van der Waals surface area contributed by atoms with Crippen molar-refractivity contribution in [1.29, 1.82) is 0 Å². The molecule has 30 atom stereocenters. The smallest absolute Gasteiger partial charge is 0.187 e. The lowest BCUT2D eigenvalue weighted by atomic mass is 9.97. The summed E-state index contributed by atoms with van der Waals surface area (Å²) in [5, 5.41) is 170. The van der Waals surface area contributed by atoms with E-state index in [1.54, 1.807) is 0 Å². The van der Waals surface area contributed by atoms with E-state index in [0.29, 0.717) is 0 Å². The molecule has 0 aromatic heterocycles. The van der Waals surface area contributed by atoms with Crippen LogP contribution in [0.1, 0.15) is 13.8 Å². The van der Waals surface area contributed by atoms with E-state index >= 15 is 0 Å². The third-order valence-electron chi connectivity index (χ3n) is 12.5. The molecule has 16 N–H and O–H groups in total. The van der Waals surface area contributed by atoms with E-state index < -0.39 is 217 Å². The van der Waals surface area contributed by atoms with Crippen LogP contribution in [-0.4, -0.2) is 299 Å². The summed E-state index contributed by atoms with van der Waals surface area (Å²) < 4.78 is 71.8. The van der Waals surface area contributed by atoms with E-state index in [9.17, 15) is 81.7 Å². The molecule has 7 saturated heterocycles. The van der Waals surface area contributed by atoms with Crippen LogP contribution < -0.4 is 0 Å². The SMILES string of the molecule is C[C@@H]1O[C@@H](O[C@@H]2[C@@H](O)[C@@H](O)CO[C@H]2O)[C@H](O)[C@H](O[C@@H]2OC[C@@H](O)[C@H](O[C@@H]3O[C@@H](C)[C@H](O[C@@H]4OC[C@@H](O)[C@H](O[C@@H]5OC[C@@H](O[C@@H]6OC[C@@H](O)[C@H](O)[C@H]6O)[C@H](O)[C@H]5O)[C@H]4O)[C@@H](O)[C@H]3O)[C@H]2O)[C@H]1O. The Hall–Kier alpha value is -1.16. The molecule has 7 heterocycles. The molecule has 7 fully saturated rings. The van der Waals surface area contributed by atoms with Gasteiger partial charge in [0.05, 0.1) is 45.2 Å². The lowest BCUT2D eigenvalue weighted by molar-refractivity contribution is -0.384. The lowest BCUT2D eigenvalue weighted by Gasteiger charge is -2.48. The van der Waals surface area contributed by atoms with E-state index in [-0.39, 0.29) is 0 Å². The Morgan fingerprint density at radius 1 is 0.288 bits per heavy atom. The fourth-order valence-corrected chi connectivity index (χ4v) is 8.48. The highest BCUT2D eigenvalue weighted by Gasteiger charge is 2.55. The van der Waals surface area contributed by atoms with Gasteiger partial charge in [-0.3, -0.25) is 0 Å². The molecule has 0 bridgehead atoms. The van der Waals surface area contributed by atoms with Gasteiger partial charge in [-0.2, -0.15) is 0 Å². The van der Waals surface area contributed by atoms with Gasteiger partial charge >= 0.3 is 0 Å². The largest absolute Gasteiger partial charge is 0.388 e. The van der Waals surface area contributed by atoms with Crippen LogP contribution in [0.15, 0.2) is 0 Å². The number of rotatable bonds is 12. The summed E-state index contributed by atoms with van der Waals surface area (Å²) in [6.07, 6.45) is -49.4. The first-order valence-electron chi connectivity index (χ1n) is 21.4. The second-order valence-electron chi connectivity index (χ2n) is 17.3. The zero-order chi connectivity index (χ0) is 48.0. The van der Waals surface area contributed by atoms with Crippen molar-refractivity contribution in [2.75, 3.05) is 33.0 Å². The van der Waals surface area contributed by atoms with Crippen LogP contribution in [-0.2, 0) is 61.6 Å². The van der Waals surface area contributed by atoms with Gasteiger partial charge in [0.2, 0.25) is 0 Å². The molecule has 66 heavy (non-hydrogen) atoms. The van der Waals surface area contributed by atoms with Gasteiger partial charge < -0.3 is 143 Å². The average Bonchev–Trinajstić information content (AvgIpc) is 3.28. The fraction of sp³-hybridized carbons (Fsp3) is 1.00. The molecule has 0 unspecified atom stereocenters. The van der Waals surface area contributed by atoms with E-state index in [0.717, 1.165) is 0 Å². The van der Waals surface area contributed by atoms with Gasteiger partial charge in [0.15, 0.2) is 44.0 Å². The van der Waals surface area contributed by atoms with Crippen molar-refractivity contribution in [3.63, 3.8) is 0 Å². The molecule has 384 valence electrons. The Morgan fingerprint density at radius 2 is 0.682 bits per heavy atom. The van der Waals surface area contributed by atoms with Crippen LogP contribution >= 0.6 is 0 Å². The molecule has 0 aromatic carbocycles. The summed E-state index contributed by atoms with van der Waals surface area (Å²) in [4.78, 5) is 0. The summed E-state index contributed by atoms with van der Waals surface area (Å²) in [6, 6.07) is 0. The van der Waals surface area contributed by atoms with Crippen LogP contribution in [0.25, 0.3) is 0 Å². The summed E-state index contributed by atoms with van der Waals surface area (Å²) >= 11 is 0. The molecule has 7 rings (SSSR count). The van der Waals surface area contributed by atoms with Crippen molar-refractivity contribution in [3.8, 4) is 0 Å². The van der Waals surface area contributed by atoms with Gasteiger partial charge in [-0.1, -0.05) is 0 Å². The number of hydrogen-bond acceptors (Lipinski definition) is 29. The molecule has 7 aliphatic rings. The van der Waals surface area contributed by atoms with Crippen LogP contribution in [0, 0.1) is 0 Å². The number of aliphatic hydroxyl groups excluding tert-OH is 16. The molecule has 7 aliphatic heterocycles. The second kappa shape index (κ2) is 22.1. The predicted octanol–water partition coefficient (Wildman–Crippen LogP) is -11.0. The normalized spacial score (nSPS) is 55.4. The van der Waals surface area contributed by atoms with Crippen molar-refractivity contribution in [1.82, 2.24) is 0 Å². The highest BCUT2D eigenvalue weighted by Crippen LogP contribution is 2.35. The van der Waals surface area contributed by atoms with Crippen molar-refractivity contribution < 1.29 is 143 Å². The molecule has 0 saturated carbocycles. The van der Waals surface area contributed by atoms with Crippen LogP contribution in [0.4, 0.5) is 0 Å². The van der Waals surface area contributed by atoms with E-state index in [1.807, 2.05) is 0 Å². The van der Waals surface area contributed by atoms with Gasteiger partial charge in [-0.05, 0) is 13.8 Å². The van der Waals surface area contributed by atoms with E-state index in [4.69, 9.17) is 61.6 Å². The standard InChI is InChI=1S/C37H62O29/c1-8-15(42)29(25(52)37(59-8)66-30-17(44)11(39)3-54-31(30)53)65-35-24(51)28(13(41)6-57-35)64-36-22(49)19(46)26(9(2)60-36)62-34-23(50)27(12(40)5-56-34)63-33-21(48)18(45)14(7-58-33)61-32-20(47)16(43)10(38)4-55-32/h8-53H,3-7H2,1-2H3/t8-,9-,10+,11-,12+,13+,14+,15-,16-,17-,18-,19-,20+,21+,22+,23+,24+,25+,26-,27-,28-,29+,30+,31+,32-,33-,34-,35-,36-,37-/m0/s1. The molecule has 0 spiro atoms. The molecule has 0 aliphatic carbocycles. The third kappa shape index (κ3) is 11.0. The summed E-state index contributed by atoms with van der Waals surface area (Å²) in [5.74, 6) is 0. The maximum Gasteiger partial charge on any atom is 0.187 e. The van der Waals surface area contributed by atoms with Gasteiger partial charge in [0.25, 0.3) is 0 Å². The zero-order valence-corrected chi connectivity index (χ0v) is 35.3. The van der Waals surface area contributed by atoms with Crippen molar-refractivity contribution >= 4 is 0 Å². The minimum Gasteiger partial charge on any atom is -0.388 e. The summed E-state index contributed by atoms with van der Waals surface area (Å²) in [7, 11) is 0. The molecule has 0 radical (unpaired) electrons. The van der Waals surface area contributed by atoms with E-state index in [2.05, 4.69) is 0 Å². The highest BCUT2D eigenvalue weighted by atomic mass is 16.8. The Balaban J connectivity index is 0.924. The average molecular weight is 971 g/mol. The summed E-state index contributed by atoms with van der Waals surface area (Å²) in [6.45, 7) is 0.345. The maximum absolute atomic E-state index is 11.3. The van der Waals surface area contributed by atoms with Crippen molar-refractivity contribution in [2.24, 2.45) is 0 Å². The number of aliphatic hydroxyl groups is 16. The van der Waals surface area contributed by atoms with Crippen LogP contribution in [0.3, 0.4) is 0 Å². The number of hydrogen-bond donors (Lipinski definition) is 16. The van der Waals surface area contributed by atoms with Crippen LogP contribution in [0.5, 0.6) is 0 Å². The topological polar surface area (TPSA) is 444 Å². The van der Waals surface area contributed by atoms with Gasteiger partial charge in [-0.15, -0.1) is 0 Å². The first-order chi connectivity index (χ1) is 31.2. The number of ether oxygens (including phenoxy) is 13. The molecular formula is C37H62O29. The van der Waals surface area contributed by atoms with Gasteiger partial charge in [0, 0.05) is 0 Å². The van der Waals surface area contributed by atoms with Gasteiger partial charge in [0.1, 0.15) is 128 Å². The highest BCUT2D eigenvalue weighted by molar-refractivity contribution is 4.97. The minimum absolute atomic E-state index is 0.397. The zero-order valence-electron chi connectivity index (χ0n) is 35.3. The molecule has 29 nitrogen and oxygen atoms in total. The lowest BCUT2D eigenvalue weighted by Crippen LogP contribution is -2.66. The van der Waals surface area contributed by atoms with E-state index in [1.165, 1.54) is 13.8 Å². The first-order valence-corrected chi connectivity index (χ1v) is 21.4. The quantitative estimate of drug-likeness (QED) is 0.0863.